The number of nitrogens with one attached hydrogen (secondary N) is 1. The number of amides is 4. The zero-order chi connectivity index (χ0) is 17.3. The van der Waals surface area contributed by atoms with Gasteiger partial charge in [-0.25, -0.2) is 4.99 Å². The highest BCUT2D eigenvalue weighted by atomic mass is 16.2. The van der Waals surface area contributed by atoms with Crippen molar-refractivity contribution < 1.29 is 19.2 Å². The van der Waals surface area contributed by atoms with E-state index in [0.29, 0.717) is 11.4 Å². The fourth-order valence-electron chi connectivity index (χ4n) is 2.97. The summed E-state index contributed by atoms with van der Waals surface area (Å²) in [5, 5.41) is 2.76. The third-order valence-corrected chi connectivity index (χ3v) is 4.19. The van der Waals surface area contributed by atoms with Gasteiger partial charge in [0.05, 0.1) is 5.71 Å². The van der Waals surface area contributed by atoms with E-state index in [1.165, 1.54) is 0 Å². The van der Waals surface area contributed by atoms with Crippen LogP contribution in [0.15, 0.2) is 40.6 Å². The molecule has 0 aromatic heterocycles. The summed E-state index contributed by atoms with van der Waals surface area (Å²) in [5.41, 5.74) is 2.07. The molecule has 4 amide bonds. The van der Waals surface area contributed by atoms with Gasteiger partial charge in [-0.1, -0.05) is 18.6 Å². The van der Waals surface area contributed by atoms with Crippen molar-refractivity contribution in [2.24, 2.45) is 10.9 Å². The van der Waals surface area contributed by atoms with Crippen LogP contribution >= 0.6 is 0 Å². The van der Waals surface area contributed by atoms with E-state index >= 15 is 0 Å². The second kappa shape index (κ2) is 6.35. The lowest BCUT2D eigenvalue weighted by molar-refractivity contribution is -0.141. The minimum atomic E-state index is -0.568. The monoisotopic (exact) mass is 327 g/mol. The van der Waals surface area contributed by atoms with Gasteiger partial charge in [-0.3, -0.25) is 24.1 Å². The van der Waals surface area contributed by atoms with Crippen molar-refractivity contribution in [3.63, 3.8) is 0 Å². The number of nitrogens with zero attached hydrogens (tertiary/aromatic N) is 2. The molecule has 0 aromatic carbocycles. The van der Waals surface area contributed by atoms with Gasteiger partial charge >= 0.3 is 0 Å². The maximum absolute atomic E-state index is 12.0. The Balaban J connectivity index is 1.75. The highest BCUT2D eigenvalue weighted by Crippen LogP contribution is 2.28. The Morgan fingerprint density at radius 1 is 1.25 bits per heavy atom. The molecule has 0 aromatic rings. The standard InChI is InChI=1S/C17H17N3O4/c1-2-10-7-14(21)19-13-8-11(3-4-12(10)13)18-15(22)9-20-16(23)5-6-17(20)24/h3-4,7-8,12H,2,5-6,9H2,1H3,(H,19,21). The summed E-state index contributed by atoms with van der Waals surface area (Å²) in [6.07, 6.45) is 7.87. The van der Waals surface area contributed by atoms with Crippen LogP contribution in [-0.2, 0) is 19.2 Å². The normalized spacial score (nSPS) is 24.7. The highest BCUT2D eigenvalue weighted by molar-refractivity contribution is 6.12. The molecule has 0 saturated carbocycles. The number of fused-ring (bicyclic) bond motifs is 1. The summed E-state index contributed by atoms with van der Waals surface area (Å²) in [7, 11) is 0. The van der Waals surface area contributed by atoms with E-state index in [1.54, 1.807) is 18.2 Å². The van der Waals surface area contributed by atoms with E-state index in [9.17, 15) is 19.2 Å². The average molecular weight is 327 g/mol. The van der Waals surface area contributed by atoms with Crippen LogP contribution in [0.3, 0.4) is 0 Å². The summed E-state index contributed by atoms with van der Waals surface area (Å²) >= 11 is 0. The Labute approximate surface area is 138 Å². The number of allylic oxidation sites excluding steroid dienone is 3. The number of rotatable bonds is 3. The van der Waals surface area contributed by atoms with E-state index in [4.69, 9.17) is 0 Å². The quantitative estimate of drug-likeness (QED) is 0.769. The third kappa shape index (κ3) is 3.10. The Kier molecular flexibility index (Phi) is 4.24. The number of carbonyl (C=O) groups is 4. The molecule has 1 N–H and O–H groups in total. The molecule has 2 heterocycles. The van der Waals surface area contributed by atoms with Crippen LogP contribution in [0.2, 0.25) is 0 Å². The summed E-state index contributed by atoms with van der Waals surface area (Å²) < 4.78 is 0. The minimum Gasteiger partial charge on any atom is -0.325 e. The molecule has 1 atom stereocenters. The lowest BCUT2D eigenvalue weighted by Gasteiger charge is -2.27. The molecule has 7 nitrogen and oxygen atoms in total. The Hall–Kier alpha value is -2.83. The lowest BCUT2D eigenvalue weighted by Crippen LogP contribution is -2.34. The molecule has 3 aliphatic rings. The van der Waals surface area contributed by atoms with Gasteiger partial charge in [0.25, 0.3) is 5.91 Å². The van der Waals surface area contributed by atoms with E-state index in [2.05, 4.69) is 10.3 Å². The van der Waals surface area contributed by atoms with Crippen molar-refractivity contribution in [2.75, 3.05) is 6.54 Å². The smallest absolute Gasteiger partial charge is 0.266 e. The van der Waals surface area contributed by atoms with Gasteiger partial charge in [-0.05, 0) is 18.6 Å². The van der Waals surface area contributed by atoms with Crippen LogP contribution in [0.4, 0.5) is 0 Å². The molecular formula is C17H17N3O4. The molecule has 24 heavy (non-hydrogen) atoms. The predicted octanol–water partition coefficient (Wildman–Crippen LogP) is 0.639. The third-order valence-electron chi connectivity index (χ3n) is 4.19. The second-order valence-electron chi connectivity index (χ2n) is 5.80. The molecule has 1 unspecified atom stereocenters. The van der Waals surface area contributed by atoms with E-state index in [-0.39, 0.29) is 43.0 Å². The van der Waals surface area contributed by atoms with Crippen molar-refractivity contribution >= 4 is 29.3 Å². The average Bonchev–Trinajstić information content (AvgIpc) is 2.85. The highest BCUT2D eigenvalue weighted by Gasteiger charge is 2.30. The fourth-order valence-corrected chi connectivity index (χ4v) is 2.97. The second-order valence-corrected chi connectivity index (χ2v) is 5.80. The van der Waals surface area contributed by atoms with Crippen molar-refractivity contribution in [3.05, 3.63) is 35.6 Å². The van der Waals surface area contributed by atoms with Crippen LogP contribution in [0.1, 0.15) is 26.2 Å². The molecular weight excluding hydrogens is 310 g/mol. The minimum absolute atomic E-state index is 0.0107. The number of hydrogen-bond donors (Lipinski definition) is 1. The summed E-state index contributed by atoms with van der Waals surface area (Å²) in [5.74, 6) is -1.46. The zero-order valence-corrected chi connectivity index (χ0v) is 13.2. The van der Waals surface area contributed by atoms with Gasteiger partial charge < -0.3 is 5.32 Å². The molecule has 3 rings (SSSR count). The van der Waals surface area contributed by atoms with Crippen LogP contribution in [0, 0.1) is 5.92 Å². The molecule has 0 radical (unpaired) electrons. The van der Waals surface area contributed by atoms with Gasteiger partial charge in [0.1, 0.15) is 6.54 Å². The zero-order valence-electron chi connectivity index (χ0n) is 13.2. The Bertz CT molecular complexity index is 742. The Morgan fingerprint density at radius 3 is 2.62 bits per heavy atom. The topological polar surface area (TPSA) is 95.9 Å². The molecule has 2 aliphatic heterocycles. The van der Waals surface area contributed by atoms with Crippen molar-refractivity contribution in [1.82, 2.24) is 10.2 Å². The van der Waals surface area contributed by atoms with E-state index in [0.717, 1.165) is 16.9 Å². The SMILES string of the molecule is CCC1=CC(=O)NC2=CC(=NC(=O)CN3C(=O)CCC3=O)C=CC12. The molecule has 7 heteroatoms. The predicted molar refractivity (Wildman–Crippen MR) is 85.6 cm³/mol. The number of likely N-dealkylation sites (tertiary alicyclic amines) is 1. The first kappa shape index (κ1) is 16.0. The fraction of sp³-hybridized carbons (Fsp3) is 0.353. The molecule has 1 saturated heterocycles. The van der Waals surface area contributed by atoms with Crippen LogP contribution in [0.25, 0.3) is 0 Å². The first-order chi connectivity index (χ1) is 11.5. The molecule has 1 aliphatic carbocycles. The number of imide groups is 1. The van der Waals surface area contributed by atoms with E-state index in [1.807, 2.05) is 13.0 Å². The summed E-state index contributed by atoms with van der Waals surface area (Å²) in [6.45, 7) is 1.64. The van der Waals surface area contributed by atoms with Crippen LogP contribution in [0.5, 0.6) is 0 Å². The van der Waals surface area contributed by atoms with Gasteiger partial charge in [0.15, 0.2) is 0 Å². The number of carbonyl (C=O) groups excluding carboxylic acids is 4. The number of hydrogen-bond acceptors (Lipinski definition) is 4. The van der Waals surface area contributed by atoms with Crippen molar-refractivity contribution in [3.8, 4) is 0 Å². The Morgan fingerprint density at radius 2 is 1.96 bits per heavy atom. The van der Waals surface area contributed by atoms with Crippen LogP contribution in [-0.4, -0.2) is 40.8 Å². The van der Waals surface area contributed by atoms with Gasteiger partial charge in [-0.15, -0.1) is 0 Å². The lowest BCUT2D eigenvalue weighted by atomic mass is 9.86. The molecule has 0 spiro atoms. The van der Waals surface area contributed by atoms with Gasteiger partial charge in [0, 0.05) is 30.5 Å². The summed E-state index contributed by atoms with van der Waals surface area (Å²) in [4.78, 5) is 51.6. The van der Waals surface area contributed by atoms with Gasteiger partial charge in [0.2, 0.25) is 17.7 Å². The summed E-state index contributed by atoms with van der Waals surface area (Å²) in [6, 6.07) is 0. The van der Waals surface area contributed by atoms with Crippen molar-refractivity contribution in [2.45, 2.75) is 26.2 Å². The maximum atomic E-state index is 12.0. The molecule has 0 bridgehead atoms. The molecule has 1 fully saturated rings. The van der Waals surface area contributed by atoms with Gasteiger partial charge in [-0.2, -0.15) is 0 Å². The number of aliphatic imine (C=N–C) groups is 1. The largest absolute Gasteiger partial charge is 0.325 e. The van der Waals surface area contributed by atoms with E-state index < -0.39 is 5.91 Å². The van der Waals surface area contributed by atoms with Crippen molar-refractivity contribution in [1.29, 1.82) is 0 Å². The first-order valence-electron chi connectivity index (χ1n) is 7.84. The molecule has 124 valence electrons. The first-order valence-corrected chi connectivity index (χ1v) is 7.84. The maximum Gasteiger partial charge on any atom is 0.266 e. The van der Waals surface area contributed by atoms with Crippen LogP contribution < -0.4 is 5.32 Å².